The summed E-state index contributed by atoms with van der Waals surface area (Å²) < 4.78 is 0. The summed E-state index contributed by atoms with van der Waals surface area (Å²) in [7, 11) is 2.23. The molecule has 2 N–H and O–H groups in total. The number of hydrogen-bond donors (Lipinski definition) is 2. The molecule has 0 bridgehead atoms. The number of likely N-dealkylation sites (N-methyl/N-ethyl adjacent to an activating group) is 1. The van der Waals surface area contributed by atoms with Crippen molar-refractivity contribution in [1.82, 2.24) is 4.90 Å². The largest absolute Gasteiger partial charge is 0.340 e. The van der Waals surface area contributed by atoms with Crippen LogP contribution in [0.25, 0.3) is 0 Å². The van der Waals surface area contributed by atoms with Gasteiger partial charge in [-0.15, -0.1) is 0 Å². The van der Waals surface area contributed by atoms with Crippen LogP contribution in [0.4, 0.5) is 5.69 Å². The Labute approximate surface area is 178 Å². The highest BCUT2D eigenvalue weighted by Gasteiger charge is 2.22. The fourth-order valence-corrected chi connectivity index (χ4v) is 4.44. The smallest absolute Gasteiger partial charge is 0.131 e. The molecule has 0 radical (unpaired) electrons. The summed E-state index contributed by atoms with van der Waals surface area (Å²) in [5, 5.41) is 11.7. The van der Waals surface area contributed by atoms with Gasteiger partial charge in [0, 0.05) is 35.1 Å². The number of nitrogens with zero attached hydrogens (tertiary/aromatic N) is 1. The van der Waals surface area contributed by atoms with Gasteiger partial charge in [-0.05, 0) is 55.1 Å². The topological polar surface area (TPSA) is 39.1 Å². The Balaban J connectivity index is 1.44. The van der Waals surface area contributed by atoms with Crippen LogP contribution in [0.1, 0.15) is 29.5 Å². The molecule has 2 aromatic rings. The highest BCUT2D eigenvalue weighted by molar-refractivity contribution is 7.81. The molecular weight excluding hydrogens is 374 g/mol. The van der Waals surface area contributed by atoms with Crippen LogP contribution in [-0.4, -0.2) is 28.7 Å². The van der Waals surface area contributed by atoms with Crippen molar-refractivity contribution in [2.24, 2.45) is 0 Å². The van der Waals surface area contributed by atoms with Gasteiger partial charge in [0.25, 0.3) is 0 Å². The van der Waals surface area contributed by atoms with E-state index in [-0.39, 0.29) is 0 Å². The van der Waals surface area contributed by atoms with Gasteiger partial charge in [0.05, 0.1) is 0 Å². The Morgan fingerprint density at radius 3 is 2.79 bits per heavy atom. The number of fused-ring (bicyclic) bond motifs is 1. The van der Waals surface area contributed by atoms with Crippen LogP contribution in [0.15, 0.2) is 72.3 Å². The standard InChI is InChI=1S/C25H27N3S/c1-28(17-18-7-3-2-4-8-18)22-14-12-19-11-13-21(15-20(19)16-22)27-25(26)23-9-5-6-10-24(23)29/h2-9,11,13,15,22H,10,12,14,16-17H2,1H3,(H2,26,27). The molecule has 0 amide bonds. The first-order chi connectivity index (χ1) is 14.1. The van der Waals surface area contributed by atoms with E-state index in [1.165, 1.54) is 23.1 Å². The van der Waals surface area contributed by atoms with Crippen molar-refractivity contribution < 1.29 is 0 Å². The quantitative estimate of drug-likeness (QED) is 0.404. The number of nitrogens with one attached hydrogen (secondary N) is 2. The normalized spacial score (nSPS) is 18.3. The van der Waals surface area contributed by atoms with Crippen molar-refractivity contribution in [1.29, 1.82) is 5.41 Å². The lowest BCUT2D eigenvalue weighted by molar-refractivity contribution is 0.214. The Morgan fingerprint density at radius 2 is 2.00 bits per heavy atom. The summed E-state index contributed by atoms with van der Waals surface area (Å²) >= 11 is 5.41. The number of rotatable bonds is 5. The fourth-order valence-electron chi connectivity index (χ4n) is 4.17. The van der Waals surface area contributed by atoms with Crippen molar-refractivity contribution in [3.63, 3.8) is 0 Å². The van der Waals surface area contributed by atoms with E-state index in [9.17, 15) is 0 Å². The Kier molecular flexibility index (Phi) is 6.02. The highest BCUT2D eigenvalue weighted by Crippen LogP contribution is 2.28. The number of aryl methyl sites for hydroxylation is 1. The van der Waals surface area contributed by atoms with Crippen LogP contribution in [0.2, 0.25) is 0 Å². The summed E-state index contributed by atoms with van der Waals surface area (Å²) in [4.78, 5) is 3.29. The number of benzene rings is 2. The van der Waals surface area contributed by atoms with Crippen LogP contribution in [0, 0.1) is 5.41 Å². The average Bonchev–Trinajstić information content (AvgIpc) is 2.74. The Bertz CT molecular complexity index is 975. The molecule has 2 aromatic carbocycles. The molecule has 148 valence electrons. The third-order valence-electron chi connectivity index (χ3n) is 5.85. The van der Waals surface area contributed by atoms with Crippen molar-refractivity contribution in [3.8, 4) is 0 Å². The zero-order valence-electron chi connectivity index (χ0n) is 16.8. The molecule has 0 heterocycles. The van der Waals surface area contributed by atoms with Gasteiger partial charge >= 0.3 is 0 Å². The second-order valence-corrected chi connectivity index (χ2v) is 8.41. The molecule has 4 rings (SSSR count). The number of anilines is 1. The van der Waals surface area contributed by atoms with Crippen LogP contribution >= 0.6 is 12.2 Å². The average molecular weight is 402 g/mol. The minimum absolute atomic E-state index is 0.382. The molecule has 0 aliphatic heterocycles. The lowest BCUT2D eigenvalue weighted by Gasteiger charge is -2.33. The van der Waals surface area contributed by atoms with Gasteiger partial charge in [0.15, 0.2) is 0 Å². The second kappa shape index (κ2) is 8.85. The number of amidine groups is 1. The van der Waals surface area contributed by atoms with Crippen molar-refractivity contribution in [2.75, 3.05) is 12.4 Å². The molecule has 2 aliphatic rings. The molecular formula is C25H27N3S. The molecule has 0 spiro atoms. The third-order valence-corrected chi connectivity index (χ3v) is 6.23. The summed E-state index contributed by atoms with van der Waals surface area (Å²) in [5.41, 5.74) is 5.97. The summed E-state index contributed by atoms with van der Waals surface area (Å²) in [6.45, 7) is 0.975. The van der Waals surface area contributed by atoms with Gasteiger partial charge in [-0.25, -0.2) is 0 Å². The van der Waals surface area contributed by atoms with Crippen LogP contribution < -0.4 is 5.32 Å². The molecule has 0 aromatic heterocycles. The van der Waals surface area contributed by atoms with Crippen LogP contribution in [0.5, 0.6) is 0 Å². The molecule has 1 unspecified atom stereocenters. The van der Waals surface area contributed by atoms with E-state index < -0.39 is 0 Å². The lowest BCUT2D eigenvalue weighted by Crippen LogP contribution is -2.36. The zero-order chi connectivity index (χ0) is 20.2. The first kappa shape index (κ1) is 19.7. The van der Waals surface area contributed by atoms with Crippen LogP contribution in [0.3, 0.4) is 0 Å². The number of allylic oxidation sites excluding steroid dienone is 3. The van der Waals surface area contributed by atoms with Gasteiger partial charge in [-0.2, -0.15) is 0 Å². The van der Waals surface area contributed by atoms with Gasteiger partial charge in [-0.3, -0.25) is 10.3 Å². The molecule has 1 atom stereocenters. The highest BCUT2D eigenvalue weighted by atomic mass is 32.1. The predicted octanol–water partition coefficient (Wildman–Crippen LogP) is 5.32. The maximum Gasteiger partial charge on any atom is 0.131 e. The molecule has 29 heavy (non-hydrogen) atoms. The summed E-state index contributed by atoms with van der Waals surface area (Å²) in [6, 6.07) is 17.7. The first-order valence-corrected chi connectivity index (χ1v) is 10.6. The van der Waals surface area contributed by atoms with E-state index in [1.807, 2.05) is 18.2 Å². The first-order valence-electron chi connectivity index (χ1n) is 10.2. The number of hydrogen-bond acceptors (Lipinski definition) is 3. The van der Waals surface area contributed by atoms with Crippen molar-refractivity contribution >= 4 is 28.6 Å². The van der Waals surface area contributed by atoms with Crippen molar-refractivity contribution in [2.45, 2.75) is 38.3 Å². The van der Waals surface area contributed by atoms with Gasteiger partial charge < -0.3 is 5.32 Å². The number of thiocarbonyl (C=S) groups is 1. The van der Waals surface area contributed by atoms with E-state index in [2.05, 4.69) is 65.8 Å². The molecule has 2 aliphatic carbocycles. The monoisotopic (exact) mass is 401 g/mol. The maximum absolute atomic E-state index is 8.41. The molecule has 0 fully saturated rings. The zero-order valence-corrected chi connectivity index (χ0v) is 17.6. The van der Waals surface area contributed by atoms with E-state index in [0.29, 0.717) is 11.9 Å². The predicted molar refractivity (Wildman–Crippen MR) is 126 cm³/mol. The molecule has 0 saturated carbocycles. The molecule has 3 nitrogen and oxygen atoms in total. The van der Waals surface area contributed by atoms with E-state index in [0.717, 1.165) is 41.9 Å². The minimum Gasteiger partial charge on any atom is -0.340 e. The SMILES string of the molecule is CN(Cc1ccccc1)C1CCc2ccc(NC(=N)C3=CC=CCC3=S)cc2C1. The molecule has 4 heteroatoms. The van der Waals surface area contributed by atoms with E-state index in [4.69, 9.17) is 17.6 Å². The summed E-state index contributed by atoms with van der Waals surface area (Å²) in [6.07, 6.45) is 10.0. The van der Waals surface area contributed by atoms with Gasteiger partial charge in [0.2, 0.25) is 0 Å². The van der Waals surface area contributed by atoms with Crippen LogP contribution in [-0.2, 0) is 19.4 Å². The van der Waals surface area contributed by atoms with Gasteiger partial charge in [0.1, 0.15) is 5.84 Å². The molecule has 0 saturated heterocycles. The Morgan fingerprint density at radius 1 is 1.17 bits per heavy atom. The summed E-state index contributed by atoms with van der Waals surface area (Å²) in [5.74, 6) is 0.382. The maximum atomic E-state index is 8.41. The van der Waals surface area contributed by atoms with E-state index in [1.54, 1.807) is 0 Å². The van der Waals surface area contributed by atoms with Gasteiger partial charge in [-0.1, -0.05) is 66.8 Å². The fraction of sp³-hybridized carbons (Fsp3) is 0.280. The second-order valence-electron chi connectivity index (χ2n) is 7.92. The van der Waals surface area contributed by atoms with Crippen molar-refractivity contribution in [3.05, 3.63) is 89.0 Å². The minimum atomic E-state index is 0.382. The van der Waals surface area contributed by atoms with E-state index >= 15 is 0 Å². The lowest BCUT2D eigenvalue weighted by atomic mass is 9.87. The Hall–Kier alpha value is -2.56. The third kappa shape index (κ3) is 4.72.